The second kappa shape index (κ2) is 7.09. The number of carbonyl (C=O) groups excluding carboxylic acids is 1. The zero-order chi connectivity index (χ0) is 17.3. The molecule has 4 N–H and O–H groups in total. The standard InChI is InChI=1S/C17H22ClN3O3/c18-13-7-11(15(22)8-16(13)23)17(24)12-9-21(6-3-14(12)19)10-1-4-20-5-2-10/h7-8,10,12,19-20,22-23H,1-6,9H2. The van der Waals surface area contributed by atoms with Gasteiger partial charge in [-0.3, -0.25) is 9.69 Å². The number of ketones is 1. The predicted molar refractivity (Wildman–Crippen MR) is 92.4 cm³/mol. The molecule has 0 radical (unpaired) electrons. The van der Waals surface area contributed by atoms with Crippen molar-refractivity contribution in [3.63, 3.8) is 0 Å². The Morgan fingerprint density at radius 2 is 1.96 bits per heavy atom. The number of nitrogens with zero attached hydrogens (tertiary/aromatic N) is 1. The van der Waals surface area contributed by atoms with E-state index in [0.717, 1.165) is 38.5 Å². The molecule has 0 amide bonds. The first-order valence-corrected chi connectivity index (χ1v) is 8.63. The number of hydrogen-bond acceptors (Lipinski definition) is 6. The van der Waals surface area contributed by atoms with Gasteiger partial charge in [-0.1, -0.05) is 11.6 Å². The topological polar surface area (TPSA) is 96.7 Å². The van der Waals surface area contributed by atoms with Crippen LogP contribution in [0.15, 0.2) is 12.1 Å². The monoisotopic (exact) mass is 351 g/mol. The predicted octanol–water partition coefficient (Wildman–Crippen LogP) is 2.03. The lowest BCUT2D eigenvalue weighted by Gasteiger charge is -2.40. The zero-order valence-corrected chi connectivity index (χ0v) is 14.1. The highest BCUT2D eigenvalue weighted by Gasteiger charge is 2.35. The highest BCUT2D eigenvalue weighted by atomic mass is 35.5. The SMILES string of the molecule is N=C1CCN(C2CCNCC2)CC1C(=O)c1cc(Cl)c(O)cc1O. The van der Waals surface area contributed by atoms with Gasteiger partial charge in [-0.05, 0) is 38.4 Å². The van der Waals surface area contributed by atoms with E-state index in [-0.39, 0.29) is 27.9 Å². The van der Waals surface area contributed by atoms with Crippen LogP contribution in [-0.2, 0) is 0 Å². The number of piperidine rings is 2. The number of phenolic OH excluding ortho intramolecular Hbond substituents is 2. The molecule has 7 heteroatoms. The van der Waals surface area contributed by atoms with Crippen molar-refractivity contribution in [3.05, 3.63) is 22.7 Å². The quantitative estimate of drug-likeness (QED) is 0.625. The van der Waals surface area contributed by atoms with E-state index in [1.807, 2.05) is 0 Å². The van der Waals surface area contributed by atoms with E-state index < -0.39 is 5.92 Å². The van der Waals surface area contributed by atoms with E-state index in [1.54, 1.807) is 0 Å². The summed E-state index contributed by atoms with van der Waals surface area (Å²) in [4.78, 5) is 15.1. The molecule has 24 heavy (non-hydrogen) atoms. The number of benzene rings is 1. The molecule has 1 unspecified atom stereocenters. The number of aromatic hydroxyl groups is 2. The number of nitrogens with one attached hydrogen (secondary N) is 2. The van der Waals surface area contributed by atoms with Gasteiger partial charge in [0.2, 0.25) is 0 Å². The molecule has 1 aromatic carbocycles. The Bertz CT molecular complexity index is 659. The largest absolute Gasteiger partial charge is 0.507 e. The van der Waals surface area contributed by atoms with Crippen molar-refractivity contribution in [1.82, 2.24) is 10.2 Å². The number of rotatable bonds is 3. The molecule has 2 fully saturated rings. The van der Waals surface area contributed by atoms with Crippen LogP contribution in [0, 0.1) is 11.3 Å². The second-order valence-electron chi connectivity index (χ2n) is 6.49. The maximum absolute atomic E-state index is 12.8. The Morgan fingerprint density at radius 3 is 2.67 bits per heavy atom. The minimum atomic E-state index is -0.569. The average molecular weight is 352 g/mol. The Morgan fingerprint density at radius 1 is 1.25 bits per heavy atom. The van der Waals surface area contributed by atoms with Crippen molar-refractivity contribution in [2.45, 2.75) is 25.3 Å². The van der Waals surface area contributed by atoms with Gasteiger partial charge < -0.3 is 20.9 Å². The van der Waals surface area contributed by atoms with Gasteiger partial charge in [0.1, 0.15) is 11.5 Å². The molecule has 130 valence electrons. The number of phenols is 2. The lowest BCUT2D eigenvalue weighted by atomic mass is 9.86. The fraction of sp³-hybridized carbons (Fsp3) is 0.529. The molecule has 2 saturated heterocycles. The van der Waals surface area contributed by atoms with Gasteiger partial charge in [0, 0.05) is 30.9 Å². The summed E-state index contributed by atoms with van der Waals surface area (Å²) in [7, 11) is 0. The molecule has 1 aromatic rings. The van der Waals surface area contributed by atoms with Crippen LogP contribution in [0.5, 0.6) is 11.5 Å². The van der Waals surface area contributed by atoms with Crippen LogP contribution >= 0.6 is 11.6 Å². The Balaban J connectivity index is 1.80. The van der Waals surface area contributed by atoms with Crippen LogP contribution in [0.3, 0.4) is 0 Å². The van der Waals surface area contributed by atoms with Crippen LogP contribution in [0.25, 0.3) is 0 Å². The molecule has 0 saturated carbocycles. The van der Waals surface area contributed by atoms with E-state index in [1.165, 1.54) is 6.07 Å². The molecule has 6 nitrogen and oxygen atoms in total. The smallest absolute Gasteiger partial charge is 0.176 e. The van der Waals surface area contributed by atoms with Gasteiger partial charge in [-0.2, -0.15) is 0 Å². The number of halogens is 1. The zero-order valence-electron chi connectivity index (χ0n) is 13.4. The van der Waals surface area contributed by atoms with Crippen LogP contribution < -0.4 is 5.32 Å². The summed E-state index contributed by atoms with van der Waals surface area (Å²) in [6.45, 7) is 3.26. The fourth-order valence-electron chi connectivity index (χ4n) is 3.55. The maximum atomic E-state index is 12.8. The number of hydrogen-bond donors (Lipinski definition) is 4. The molecule has 0 spiro atoms. The first kappa shape index (κ1) is 17.2. The Hall–Kier alpha value is -1.63. The van der Waals surface area contributed by atoms with Crippen LogP contribution in [0.2, 0.25) is 5.02 Å². The third kappa shape index (κ3) is 3.41. The average Bonchev–Trinajstić information content (AvgIpc) is 2.59. The van der Waals surface area contributed by atoms with E-state index in [9.17, 15) is 15.0 Å². The lowest BCUT2D eigenvalue weighted by molar-refractivity contribution is 0.0860. The van der Waals surface area contributed by atoms with E-state index in [4.69, 9.17) is 17.0 Å². The number of likely N-dealkylation sites (tertiary alicyclic amines) is 1. The fourth-order valence-corrected chi connectivity index (χ4v) is 3.72. The molecule has 0 bridgehead atoms. The first-order chi connectivity index (χ1) is 11.5. The molecule has 2 aliphatic rings. The van der Waals surface area contributed by atoms with Crippen molar-refractivity contribution < 1.29 is 15.0 Å². The minimum absolute atomic E-state index is 0.0219. The minimum Gasteiger partial charge on any atom is -0.507 e. The van der Waals surface area contributed by atoms with E-state index >= 15 is 0 Å². The summed E-state index contributed by atoms with van der Waals surface area (Å²) in [6, 6.07) is 2.80. The molecule has 1 atom stereocenters. The molecule has 3 rings (SSSR count). The molecular formula is C17H22ClN3O3. The summed E-state index contributed by atoms with van der Waals surface area (Å²) in [6.07, 6.45) is 2.65. The third-order valence-electron chi connectivity index (χ3n) is 4.98. The summed E-state index contributed by atoms with van der Waals surface area (Å²) in [5.41, 5.74) is 0.466. The van der Waals surface area contributed by atoms with Gasteiger partial charge in [-0.15, -0.1) is 0 Å². The first-order valence-electron chi connectivity index (χ1n) is 8.25. The number of Topliss-reactive ketones (excluding diaryl/α,β-unsaturated/α-hetero) is 1. The third-order valence-corrected chi connectivity index (χ3v) is 5.28. The molecular weight excluding hydrogens is 330 g/mol. The van der Waals surface area contributed by atoms with Gasteiger partial charge in [0.05, 0.1) is 16.5 Å². The van der Waals surface area contributed by atoms with Crippen molar-refractivity contribution in [1.29, 1.82) is 5.41 Å². The van der Waals surface area contributed by atoms with E-state index in [0.29, 0.717) is 24.7 Å². The van der Waals surface area contributed by atoms with Crippen LogP contribution in [0.1, 0.15) is 29.6 Å². The maximum Gasteiger partial charge on any atom is 0.176 e. The number of carbonyl (C=O) groups is 1. The summed E-state index contributed by atoms with van der Waals surface area (Å²) in [5, 5.41) is 31.0. The van der Waals surface area contributed by atoms with Gasteiger partial charge in [-0.25, -0.2) is 0 Å². The van der Waals surface area contributed by atoms with Crippen molar-refractivity contribution in [2.24, 2.45) is 5.92 Å². The van der Waals surface area contributed by atoms with E-state index in [2.05, 4.69) is 10.2 Å². The Kier molecular flexibility index (Phi) is 5.08. The van der Waals surface area contributed by atoms with Gasteiger partial charge in [0.15, 0.2) is 5.78 Å². The van der Waals surface area contributed by atoms with Crippen molar-refractivity contribution in [2.75, 3.05) is 26.2 Å². The summed E-state index contributed by atoms with van der Waals surface area (Å²) in [5.74, 6) is -1.44. The van der Waals surface area contributed by atoms with Gasteiger partial charge >= 0.3 is 0 Å². The highest BCUT2D eigenvalue weighted by Crippen LogP contribution is 2.33. The second-order valence-corrected chi connectivity index (χ2v) is 6.90. The molecule has 0 aromatic heterocycles. The lowest BCUT2D eigenvalue weighted by Crippen LogP contribution is -2.51. The van der Waals surface area contributed by atoms with Crippen molar-refractivity contribution >= 4 is 23.1 Å². The summed E-state index contributed by atoms with van der Waals surface area (Å²) < 4.78 is 0. The van der Waals surface area contributed by atoms with Crippen LogP contribution in [-0.4, -0.2) is 58.8 Å². The van der Waals surface area contributed by atoms with Gasteiger partial charge in [0.25, 0.3) is 0 Å². The highest BCUT2D eigenvalue weighted by molar-refractivity contribution is 6.32. The normalized spacial score (nSPS) is 23.4. The van der Waals surface area contributed by atoms with Crippen molar-refractivity contribution in [3.8, 4) is 11.5 Å². The Labute approximate surface area is 145 Å². The molecule has 2 aliphatic heterocycles. The summed E-state index contributed by atoms with van der Waals surface area (Å²) >= 11 is 5.87. The molecule has 0 aliphatic carbocycles. The van der Waals surface area contributed by atoms with Crippen LogP contribution in [0.4, 0.5) is 0 Å². The molecule has 2 heterocycles.